The van der Waals surface area contributed by atoms with Crippen molar-refractivity contribution in [1.29, 1.82) is 0 Å². The molecule has 2 aromatic rings. The molecule has 0 radical (unpaired) electrons. The molecule has 0 saturated carbocycles. The van der Waals surface area contributed by atoms with Gasteiger partial charge in [0.25, 0.3) is 0 Å². The van der Waals surface area contributed by atoms with Gasteiger partial charge < -0.3 is 24.3 Å². The summed E-state index contributed by atoms with van der Waals surface area (Å²) < 4.78 is 21.0. The van der Waals surface area contributed by atoms with Gasteiger partial charge in [-0.15, -0.1) is 0 Å². The summed E-state index contributed by atoms with van der Waals surface area (Å²) in [4.78, 5) is 22.1. The number of esters is 1. The normalized spacial score (nSPS) is 11.3. The van der Waals surface area contributed by atoms with Crippen molar-refractivity contribution in [1.82, 2.24) is 5.32 Å². The summed E-state index contributed by atoms with van der Waals surface area (Å²) in [7, 11) is 2.77. The van der Waals surface area contributed by atoms with E-state index >= 15 is 0 Å². The Hall–Kier alpha value is -3.06. The zero-order chi connectivity index (χ0) is 18.8. The van der Waals surface area contributed by atoms with E-state index in [2.05, 4.69) is 10.1 Å². The summed E-state index contributed by atoms with van der Waals surface area (Å²) in [6.07, 6.45) is -0.0830. The molecule has 1 unspecified atom stereocenters. The topological polar surface area (TPSA) is 83.1 Å². The van der Waals surface area contributed by atoms with Crippen LogP contribution in [0.1, 0.15) is 17.4 Å². The number of benzene rings is 2. The summed E-state index contributed by atoms with van der Waals surface area (Å²) in [5.41, 5.74) is 1.66. The van der Waals surface area contributed by atoms with Gasteiger partial charge >= 0.3 is 5.97 Å². The molecule has 0 aromatic heterocycles. The van der Waals surface area contributed by atoms with E-state index in [9.17, 15) is 9.59 Å². The van der Waals surface area contributed by atoms with E-state index < -0.39 is 12.2 Å². The zero-order valence-corrected chi connectivity index (χ0v) is 14.6. The van der Waals surface area contributed by atoms with Crippen LogP contribution in [-0.2, 0) is 25.7 Å². The Morgan fingerprint density at radius 3 is 2.54 bits per heavy atom. The molecule has 1 N–H and O–H groups in total. The fourth-order valence-electron chi connectivity index (χ4n) is 2.22. The maximum atomic E-state index is 11.2. The standard InChI is InChI=1S/C19H21NO6/c1-23-17-10-15(8-9-16(17)25-12-18(22)24-2)19(20-13-21)26-11-14-6-4-3-5-7-14/h3-10,13,19H,11-12H2,1-2H3,(H,20,21). The Labute approximate surface area is 151 Å². The van der Waals surface area contributed by atoms with Crippen molar-refractivity contribution in [2.75, 3.05) is 20.8 Å². The fraction of sp³-hybridized carbons (Fsp3) is 0.263. The molecule has 0 bridgehead atoms. The van der Waals surface area contributed by atoms with Crippen molar-refractivity contribution in [3.8, 4) is 11.5 Å². The van der Waals surface area contributed by atoms with Gasteiger partial charge in [-0.05, 0) is 17.7 Å². The van der Waals surface area contributed by atoms with Gasteiger partial charge in [-0.3, -0.25) is 4.79 Å². The van der Waals surface area contributed by atoms with Crippen LogP contribution in [0.2, 0.25) is 0 Å². The molecule has 0 aliphatic heterocycles. The van der Waals surface area contributed by atoms with Crippen molar-refractivity contribution in [3.05, 3.63) is 59.7 Å². The highest BCUT2D eigenvalue weighted by atomic mass is 16.6. The second-order valence-corrected chi connectivity index (χ2v) is 5.24. The highest BCUT2D eigenvalue weighted by Crippen LogP contribution is 2.31. The molecule has 1 amide bonds. The number of hydrogen-bond acceptors (Lipinski definition) is 6. The number of amides is 1. The lowest BCUT2D eigenvalue weighted by Gasteiger charge is -2.19. The number of nitrogens with one attached hydrogen (secondary N) is 1. The van der Waals surface area contributed by atoms with E-state index in [1.807, 2.05) is 30.3 Å². The highest BCUT2D eigenvalue weighted by Gasteiger charge is 2.15. The lowest BCUT2D eigenvalue weighted by atomic mass is 10.1. The molecule has 0 aliphatic rings. The summed E-state index contributed by atoms with van der Waals surface area (Å²) >= 11 is 0. The van der Waals surface area contributed by atoms with Crippen LogP contribution in [0.5, 0.6) is 11.5 Å². The molecule has 0 aliphatic carbocycles. The maximum absolute atomic E-state index is 11.2. The SMILES string of the molecule is COC(=O)COc1ccc(C(NC=O)OCc2ccccc2)cc1OC. The maximum Gasteiger partial charge on any atom is 0.343 e. The van der Waals surface area contributed by atoms with Crippen LogP contribution in [0, 0.1) is 0 Å². The van der Waals surface area contributed by atoms with Crippen LogP contribution in [0.15, 0.2) is 48.5 Å². The third-order valence-electron chi connectivity index (χ3n) is 3.54. The molecule has 0 spiro atoms. The van der Waals surface area contributed by atoms with E-state index in [0.717, 1.165) is 5.56 Å². The lowest BCUT2D eigenvalue weighted by molar-refractivity contribution is -0.142. The Kier molecular flexibility index (Phi) is 7.45. The minimum atomic E-state index is -0.656. The van der Waals surface area contributed by atoms with Crippen molar-refractivity contribution in [3.63, 3.8) is 0 Å². The monoisotopic (exact) mass is 359 g/mol. The smallest absolute Gasteiger partial charge is 0.343 e. The molecule has 2 aromatic carbocycles. The van der Waals surface area contributed by atoms with E-state index in [1.165, 1.54) is 14.2 Å². The summed E-state index contributed by atoms with van der Waals surface area (Å²) in [5.74, 6) is 0.296. The third kappa shape index (κ3) is 5.49. The summed E-state index contributed by atoms with van der Waals surface area (Å²) in [6, 6.07) is 14.7. The minimum absolute atomic E-state index is 0.229. The summed E-state index contributed by atoms with van der Waals surface area (Å²) in [6.45, 7) is 0.0992. The second-order valence-electron chi connectivity index (χ2n) is 5.24. The Morgan fingerprint density at radius 2 is 1.88 bits per heavy atom. The van der Waals surface area contributed by atoms with Gasteiger partial charge in [-0.1, -0.05) is 36.4 Å². The van der Waals surface area contributed by atoms with Gasteiger partial charge in [-0.25, -0.2) is 4.79 Å². The molecule has 7 heteroatoms. The van der Waals surface area contributed by atoms with Gasteiger partial charge in [0.15, 0.2) is 24.3 Å². The Morgan fingerprint density at radius 1 is 1.12 bits per heavy atom. The number of ether oxygens (including phenoxy) is 4. The minimum Gasteiger partial charge on any atom is -0.493 e. The van der Waals surface area contributed by atoms with Gasteiger partial charge in [0, 0.05) is 5.56 Å². The van der Waals surface area contributed by atoms with Gasteiger partial charge in [0.05, 0.1) is 20.8 Å². The first-order valence-corrected chi connectivity index (χ1v) is 7.90. The number of rotatable bonds is 10. The highest BCUT2D eigenvalue weighted by molar-refractivity contribution is 5.71. The number of carbonyl (C=O) groups is 2. The molecule has 0 heterocycles. The quantitative estimate of drug-likeness (QED) is 0.398. The van der Waals surface area contributed by atoms with Crippen molar-refractivity contribution in [2.45, 2.75) is 12.8 Å². The van der Waals surface area contributed by atoms with Crippen LogP contribution < -0.4 is 14.8 Å². The lowest BCUT2D eigenvalue weighted by Crippen LogP contribution is -2.22. The number of methoxy groups -OCH3 is 2. The van der Waals surface area contributed by atoms with Gasteiger partial charge in [0.2, 0.25) is 6.41 Å². The molecular weight excluding hydrogens is 338 g/mol. The van der Waals surface area contributed by atoms with Crippen molar-refractivity contribution in [2.24, 2.45) is 0 Å². The first-order valence-electron chi connectivity index (χ1n) is 7.90. The van der Waals surface area contributed by atoms with E-state index in [4.69, 9.17) is 14.2 Å². The Bertz CT molecular complexity index is 719. The van der Waals surface area contributed by atoms with Gasteiger partial charge in [0.1, 0.15) is 0 Å². The molecule has 7 nitrogen and oxygen atoms in total. The second kappa shape index (κ2) is 10.0. The van der Waals surface area contributed by atoms with Crippen LogP contribution in [0.4, 0.5) is 0 Å². The molecule has 0 fully saturated rings. The zero-order valence-electron chi connectivity index (χ0n) is 14.6. The molecule has 26 heavy (non-hydrogen) atoms. The molecule has 2 rings (SSSR count). The third-order valence-corrected chi connectivity index (χ3v) is 3.54. The van der Waals surface area contributed by atoms with Crippen molar-refractivity contribution < 1.29 is 28.5 Å². The number of hydrogen-bond donors (Lipinski definition) is 1. The first kappa shape index (κ1) is 19.3. The molecular formula is C19H21NO6. The number of carbonyl (C=O) groups excluding carboxylic acids is 2. The first-order chi connectivity index (χ1) is 12.7. The molecule has 138 valence electrons. The average Bonchev–Trinajstić information content (AvgIpc) is 2.69. The van der Waals surface area contributed by atoms with Crippen LogP contribution in [0.3, 0.4) is 0 Å². The Balaban J connectivity index is 2.11. The predicted molar refractivity (Wildman–Crippen MR) is 93.7 cm³/mol. The van der Waals surface area contributed by atoms with Gasteiger partial charge in [-0.2, -0.15) is 0 Å². The molecule has 1 atom stereocenters. The van der Waals surface area contributed by atoms with Crippen LogP contribution >= 0.6 is 0 Å². The predicted octanol–water partition coefficient (Wildman–Crippen LogP) is 2.21. The van der Waals surface area contributed by atoms with E-state index in [0.29, 0.717) is 30.1 Å². The fourth-order valence-corrected chi connectivity index (χ4v) is 2.22. The largest absolute Gasteiger partial charge is 0.493 e. The van der Waals surface area contributed by atoms with Crippen LogP contribution in [-0.4, -0.2) is 33.2 Å². The van der Waals surface area contributed by atoms with E-state index in [1.54, 1.807) is 18.2 Å². The summed E-state index contributed by atoms with van der Waals surface area (Å²) in [5, 5.41) is 2.63. The molecule has 0 saturated heterocycles. The average molecular weight is 359 g/mol. The van der Waals surface area contributed by atoms with Crippen molar-refractivity contribution >= 4 is 12.4 Å². The van der Waals surface area contributed by atoms with E-state index in [-0.39, 0.29) is 6.61 Å². The van der Waals surface area contributed by atoms with Crippen LogP contribution in [0.25, 0.3) is 0 Å².